The maximum absolute atomic E-state index is 11.5. The normalized spacial score (nSPS) is 15.6. The number of carbonyl (C=O) groups excluding carboxylic acids is 1. The van der Waals surface area contributed by atoms with Gasteiger partial charge in [-0.2, -0.15) is 4.98 Å². The molecule has 15 heavy (non-hydrogen) atoms. The molecule has 6 heteroatoms. The number of rotatable bonds is 3. The molecule has 82 valence electrons. The van der Waals surface area contributed by atoms with Gasteiger partial charge in [0, 0.05) is 26.1 Å². The van der Waals surface area contributed by atoms with Crippen LogP contribution in [-0.2, 0) is 6.42 Å². The van der Waals surface area contributed by atoms with Crippen molar-refractivity contribution in [3.05, 3.63) is 12.2 Å². The number of urea groups is 1. The van der Waals surface area contributed by atoms with Gasteiger partial charge in [0.15, 0.2) is 6.33 Å². The van der Waals surface area contributed by atoms with Crippen LogP contribution in [-0.4, -0.2) is 40.7 Å². The number of hydrogen-bond donors (Lipinski definition) is 1. The van der Waals surface area contributed by atoms with Crippen LogP contribution in [0.1, 0.15) is 18.7 Å². The van der Waals surface area contributed by atoms with E-state index in [2.05, 4.69) is 15.5 Å². The zero-order valence-corrected chi connectivity index (χ0v) is 8.48. The molecule has 0 radical (unpaired) electrons. The number of amides is 2. The molecule has 0 unspecified atom stereocenters. The van der Waals surface area contributed by atoms with Gasteiger partial charge in [0.1, 0.15) is 0 Å². The van der Waals surface area contributed by atoms with E-state index in [9.17, 15) is 4.79 Å². The van der Waals surface area contributed by atoms with Crippen LogP contribution >= 0.6 is 0 Å². The van der Waals surface area contributed by atoms with Crippen molar-refractivity contribution in [3.63, 3.8) is 0 Å². The Bertz CT molecular complexity index is 306. The third-order valence-electron chi connectivity index (χ3n) is 2.42. The Morgan fingerprint density at radius 3 is 3.00 bits per heavy atom. The Morgan fingerprint density at radius 2 is 2.33 bits per heavy atom. The van der Waals surface area contributed by atoms with E-state index in [0.29, 0.717) is 18.9 Å². The SMILES string of the molecule is O=C(NCCc1ncno1)N1CCCC1. The molecule has 2 amide bonds. The molecule has 2 rings (SSSR count). The summed E-state index contributed by atoms with van der Waals surface area (Å²) in [5, 5.41) is 6.31. The first-order valence-corrected chi connectivity index (χ1v) is 5.14. The van der Waals surface area contributed by atoms with Crippen LogP contribution < -0.4 is 5.32 Å². The predicted molar refractivity (Wildman–Crippen MR) is 52.2 cm³/mol. The van der Waals surface area contributed by atoms with Crippen molar-refractivity contribution in [2.45, 2.75) is 19.3 Å². The van der Waals surface area contributed by atoms with Crippen molar-refractivity contribution in [1.82, 2.24) is 20.4 Å². The topological polar surface area (TPSA) is 71.3 Å². The lowest BCUT2D eigenvalue weighted by atomic mass is 10.4. The van der Waals surface area contributed by atoms with Crippen LogP contribution in [0, 0.1) is 0 Å². The van der Waals surface area contributed by atoms with E-state index in [1.165, 1.54) is 6.33 Å². The Morgan fingerprint density at radius 1 is 1.53 bits per heavy atom. The van der Waals surface area contributed by atoms with Gasteiger partial charge < -0.3 is 14.7 Å². The molecule has 1 aliphatic rings. The number of nitrogens with one attached hydrogen (secondary N) is 1. The highest BCUT2D eigenvalue weighted by molar-refractivity contribution is 5.74. The highest BCUT2D eigenvalue weighted by Crippen LogP contribution is 2.06. The first-order chi connectivity index (χ1) is 7.36. The van der Waals surface area contributed by atoms with Gasteiger partial charge >= 0.3 is 6.03 Å². The number of hydrogen-bond acceptors (Lipinski definition) is 4. The molecule has 0 saturated carbocycles. The molecular formula is C9H14N4O2. The molecule has 0 spiro atoms. The largest absolute Gasteiger partial charge is 0.340 e. The van der Waals surface area contributed by atoms with E-state index in [0.717, 1.165) is 25.9 Å². The lowest BCUT2D eigenvalue weighted by Crippen LogP contribution is -2.38. The summed E-state index contributed by atoms with van der Waals surface area (Å²) in [6.45, 7) is 2.27. The summed E-state index contributed by atoms with van der Waals surface area (Å²) in [5.41, 5.74) is 0. The second-order valence-corrected chi connectivity index (χ2v) is 3.51. The van der Waals surface area contributed by atoms with E-state index < -0.39 is 0 Å². The van der Waals surface area contributed by atoms with Crippen molar-refractivity contribution >= 4 is 6.03 Å². The van der Waals surface area contributed by atoms with Crippen LogP contribution in [0.25, 0.3) is 0 Å². The molecule has 2 heterocycles. The molecule has 1 aliphatic heterocycles. The molecule has 0 aliphatic carbocycles. The van der Waals surface area contributed by atoms with Crippen LogP contribution in [0.15, 0.2) is 10.9 Å². The molecular weight excluding hydrogens is 196 g/mol. The summed E-state index contributed by atoms with van der Waals surface area (Å²) >= 11 is 0. The number of carbonyl (C=O) groups is 1. The zero-order valence-electron chi connectivity index (χ0n) is 8.48. The molecule has 0 aromatic carbocycles. The maximum Gasteiger partial charge on any atom is 0.317 e. The Kier molecular flexibility index (Phi) is 3.16. The lowest BCUT2D eigenvalue weighted by Gasteiger charge is -2.15. The highest BCUT2D eigenvalue weighted by atomic mass is 16.5. The molecule has 6 nitrogen and oxygen atoms in total. The molecule has 1 N–H and O–H groups in total. The van der Waals surface area contributed by atoms with Gasteiger partial charge in [0.25, 0.3) is 0 Å². The summed E-state index contributed by atoms with van der Waals surface area (Å²) in [7, 11) is 0. The van der Waals surface area contributed by atoms with Gasteiger partial charge in [-0.3, -0.25) is 0 Å². The van der Waals surface area contributed by atoms with E-state index in [4.69, 9.17) is 4.52 Å². The lowest BCUT2D eigenvalue weighted by molar-refractivity contribution is 0.208. The first kappa shape index (κ1) is 9.95. The quantitative estimate of drug-likeness (QED) is 0.784. The second kappa shape index (κ2) is 4.77. The van der Waals surface area contributed by atoms with Crippen molar-refractivity contribution < 1.29 is 9.32 Å². The van der Waals surface area contributed by atoms with Crippen LogP contribution in [0.3, 0.4) is 0 Å². The van der Waals surface area contributed by atoms with Gasteiger partial charge in [0.05, 0.1) is 0 Å². The summed E-state index contributed by atoms with van der Waals surface area (Å²) < 4.78 is 4.81. The van der Waals surface area contributed by atoms with Gasteiger partial charge in [-0.25, -0.2) is 4.79 Å². The fourth-order valence-corrected chi connectivity index (χ4v) is 1.61. The van der Waals surface area contributed by atoms with Crippen LogP contribution in [0.2, 0.25) is 0 Å². The smallest absolute Gasteiger partial charge is 0.317 e. The van der Waals surface area contributed by atoms with Gasteiger partial charge in [-0.05, 0) is 12.8 Å². The van der Waals surface area contributed by atoms with Crippen LogP contribution in [0.4, 0.5) is 4.79 Å². The number of likely N-dealkylation sites (tertiary alicyclic amines) is 1. The third-order valence-corrected chi connectivity index (χ3v) is 2.42. The van der Waals surface area contributed by atoms with Gasteiger partial charge in [0.2, 0.25) is 5.89 Å². The minimum absolute atomic E-state index is 0.00650. The van der Waals surface area contributed by atoms with E-state index in [-0.39, 0.29) is 6.03 Å². The molecule has 1 aromatic rings. The first-order valence-electron chi connectivity index (χ1n) is 5.14. The second-order valence-electron chi connectivity index (χ2n) is 3.51. The fourth-order valence-electron chi connectivity index (χ4n) is 1.61. The summed E-state index contributed by atoms with van der Waals surface area (Å²) in [6.07, 6.45) is 4.16. The Balaban J connectivity index is 1.67. The summed E-state index contributed by atoms with van der Waals surface area (Å²) in [5.74, 6) is 0.553. The van der Waals surface area contributed by atoms with Gasteiger partial charge in [-0.1, -0.05) is 5.16 Å². The average Bonchev–Trinajstić information content (AvgIpc) is 2.90. The van der Waals surface area contributed by atoms with Crippen molar-refractivity contribution in [1.29, 1.82) is 0 Å². The van der Waals surface area contributed by atoms with Crippen molar-refractivity contribution in [2.75, 3.05) is 19.6 Å². The molecule has 1 fully saturated rings. The molecule has 1 aromatic heterocycles. The Hall–Kier alpha value is -1.59. The summed E-state index contributed by atoms with van der Waals surface area (Å²) in [6, 6.07) is 0.00650. The van der Waals surface area contributed by atoms with E-state index in [1.54, 1.807) is 0 Å². The standard InChI is InChI=1S/C9H14N4O2/c14-9(13-5-1-2-6-13)10-4-3-8-11-7-12-15-8/h7H,1-6H2,(H,10,14). The van der Waals surface area contributed by atoms with Crippen molar-refractivity contribution in [3.8, 4) is 0 Å². The maximum atomic E-state index is 11.5. The van der Waals surface area contributed by atoms with E-state index in [1.807, 2.05) is 4.90 Å². The molecule has 0 atom stereocenters. The predicted octanol–water partition coefficient (Wildman–Crippen LogP) is 0.417. The highest BCUT2D eigenvalue weighted by Gasteiger charge is 2.16. The monoisotopic (exact) mass is 210 g/mol. The minimum atomic E-state index is 0.00650. The summed E-state index contributed by atoms with van der Waals surface area (Å²) in [4.78, 5) is 17.2. The Labute approximate surface area is 87.6 Å². The number of aromatic nitrogens is 2. The van der Waals surface area contributed by atoms with Crippen molar-refractivity contribution in [2.24, 2.45) is 0 Å². The molecule has 1 saturated heterocycles. The van der Waals surface area contributed by atoms with Crippen LogP contribution in [0.5, 0.6) is 0 Å². The third kappa shape index (κ3) is 2.68. The van der Waals surface area contributed by atoms with E-state index >= 15 is 0 Å². The zero-order chi connectivity index (χ0) is 10.5. The fraction of sp³-hybridized carbons (Fsp3) is 0.667. The number of nitrogens with zero attached hydrogens (tertiary/aromatic N) is 3. The van der Waals surface area contributed by atoms with Gasteiger partial charge in [-0.15, -0.1) is 0 Å². The average molecular weight is 210 g/mol. The molecule has 0 bridgehead atoms. The minimum Gasteiger partial charge on any atom is -0.340 e.